The highest BCUT2D eigenvalue weighted by Crippen LogP contribution is 2.15. The van der Waals surface area contributed by atoms with Gasteiger partial charge >= 0.3 is 17.9 Å². The van der Waals surface area contributed by atoms with Gasteiger partial charge in [-0.2, -0.15) is 0 Å². The number of rotatable bonds is 46. The Morgan fingerprint density at radius 1 is 0.379 bits per heavy atom. The quantitative estimate of drug-likeness (QED) is 0.0362. The van der Waals surface area contributed by atoms with Crippen LogP contribution in [0.2, 0.25) is 0 Å². The number of ether oxygens (including phenoxy) is 5. The van der Waals surface area contributed by atoms with Crippen LogP contribution in [0.15, 0.2) is 0 Å². The third-order valence-corrected chi connectivity index (χ3v) is 10.7. The number of hydrogen-bond acceptors (Lipinski definition) is 9. The lowest BCUT2D eigenvalue weighted by Crippen LogP contribution is -2.42. The van der Waals surface area contributed by atoms with Crippen LogP contribution in [0.1, 0.15) is 232 Å². The summed E-state index contributed by atoms with van der Waals surface area (Å²) < 4.78 is 26.2. The summed E-state index contributed by atoms with van der Waals surface area (Å²) in [6.07, 6.45) is 38.2. The van der Waals surface area contributed by atoms with Crippen molar-refractivity contribution in [3.8, 4) is 0 Å². The van der Waals surface area contributed by atoms with E-state index in [2.05, 4.69) is 19.2 Å². The molecule has 1 N–H and O–H groups in total. The van der Waals surface area contributed by atoms with Crippen LogP contribution in [0.25, 0.3) is 0 Å². The first-order valence-electron chi connectivity index (χ1n) is 24.3. The molecule has 1 amide bonds. The van der Waals surface area contributed by atoms with Gasteiger partial charge in [0.05, 0.1) is 38.7 Å². The lowest BCUT2D eigenvalue weighted by molar-refractivity contribution is -0.153. The predicted molar refractivity (Wildman–Crippen MR) is 236 cm³/mol. The molecular formula is C48H91NO9. The summed E-state index contributed by atoms with van der Waals surface area (Å²) in [7, 11) is 1.58. The Morgan fingerprint density at radius 3 is 1.10 bits per heavy atom. The minimum atomic E-state index is -0.658. The van der Waals surface area contributed by atoms with Gasteiger partial charge < -0.3 is 29.0 Å². The van der Waals surface area contributed by atoms with Crippen LogP contribution in [0, 0.1) is 0 Å². The maximum Gasteiger partial charge on any atom is 0.306 e. The molecule has 342 valence electrons. The Bertz CT molecular complexity index is 931. The van der Waals surface area contributed by atoms with Gasteiger partial charge in [-0.25, -0.2) is 0 Å². The summed E-state index contributed by atoms with van der Waals surface area (Å²) in [4.78, 5) is 49.8. The van der Waals surface area contributed by atoms with Crippen molar-refractivity contribution in [3.63, 3.8) is 0 Å². The molecule has 1 atom stereocenters. The molecule has 0 aromatic rings. The van der Waals surface area contributed by atoms with Crippen molar-refractivity contribution in [1.82, 2.24) is 5.32 Å². The van der Waals surface area contributed by atoms with E-state index in [-0.39, 0.29) is 51.1 Å². The average molecular weight is 826 g/mol. The normalized spacial score (nSPS) is 11.7. The second-order valence-electron chi connectivity index (χ2n) is 16.4. The largest absolute Gasteiger partial charge is 0.463 e. The maximum absolute atomic E-state index is 12.8. The van der Waals surface area contributed by atoms with Crippen molar-refractivity contribution in [2.75, 3.05) is 46.8 Å². The van der Waals surface area contributed by atoms with E-state index in [1.807, 2.05) is 0 Å². The van der Waals surface area contributed by atoms with Crippen LogP contribution in [0.3, 0.4) is 0 Å². The van der Waals surface area contributed by atoms with Gasteiger partial charge in [-0.3, -0.25) is 19.2 Å². The monoisotopic (exact) mass is 826 g/mol. The van der Waals surface area contributed by atoms with Gasteiger partial charge in [0.15, 0.2) is 0 Å². The van der Waals surface area contributed by atoms with Gasteiger partial charge in [-0.05, 0) is 12.8 Å². The maximum atomic E-state index is 12.8. The van der Waals surface area contributed by atoms with Crippen molar-refractivity contribution in [2.45, 2.75) is 238 Å². The highest BCUT2D eigenvalue weighted by atomic mass is 16.6. The van der Waals surface area contributed by atoms with E-state index in [9.17, 15) is 19.2 Å². The molecule has 1 unspecified atom stereocenters. The zero-order valence-electron chi connectivity index (χ0n) is 38.0. The molecule has 0 aromatic heterocycles. The molecule has 0 saturated carbocycles. The van der Waals surface area contributed by atoms with Crippen LogP contribution in [0.4, 0.5) is 0 Å². The molecule has 58 heavy (non-hydrogen) atoms. The first-order chi connectivity index (χ1) is 28.4. The van der Waals surface area contributed by atoms with E-state index >= 15 is 0 Å². The summed E-state index contributed by atoms with van der Waals surface area (Å²) in [5, 5.41) is 2.91. The number of carbonyl (C=O) groups is 4. The number of carbonyl (C=O) groups excluding carboxylic acids is 4. The Morgan fingerprint density at radius 2 is 0.707 bits per heavy atom. The van der Waals surface area contributed by atoms with Crippen molar-refractivity contribution in [2.24, 2.45) is 0 Å². The molecule has 10 nitrogen and oxygen atoms in total. The standard InChI is InChI=1S/C48H91NO9/c1-4-6-8-10-12-14-16-18-20-22-24-26-28-30-32-34-45(50)49-44(43-58-48(53)37-36-47(52)56-41-40-55-39-38-54-3)42-57-46(51)35-33-31-29-27-25-23-21-19-17-15-13-11-9-7-5-2/h44H,4-43H2,1-3H3,(H,49,50). The van der Waals surface area contributed by atoms with E-state index in [0.29, 0.717) is 26.1 Å². The molecule has 0 spiro atoms. The summed E-state index contributed by atoms with van der Waals surface area (Å²) in [6, 6.07) is -0.658. The van der Waals surface area contributed by atoms with Crippen LogP contribution in [-0.2, 0) is 42.9 Å². The van der Waals surface area contributed by atoms with E-state index in [4.69, 9.17) is 23.7 Å². The average Bonchev–Trinajstić information content (AvgIpc) is 3.22. The molecule has 0 aliphatic carbocycles. The van der Waals surface area contributed by atoms with Crippen LogP contribution < -0.4 is 5.32 Å². The van der Waals surface area contributed by atoms with Gasteiger partial charge in [0.2, 0.25) is 5.91 Å². The molecule has 0 fully saturated rings. The molecule has 0 saturated heterocycles. The Kier molecular flexibility index (Phi) is 44.1. The number of nitrogens with one attached hydrogen (secondary N) is 1. The third-order valence-electron chi connectivity index (χ3n) is 10.7. The zero-order chi connectivity index (χ0) is 42.4. The number of hydrogen-bond donors (Lipinski definition) is 1. The van der Waals surface area contributed by atoms with Crippen molar-refractivity contribution in [3.05, 3.63) is 0 Å². The highest BCUT2D eigenvalue weighted by Gasteiger charge is 2.18. The van der Waals surface area contributed by atoms with Crippen LogP contribution in [-0.4, -0.2) is 76.6 Å². The van der Waals surface area contributed by atoms with Crippen LogP contribution >= 0.6 is 0 Å². The van der Waals surface area contributed by atoms with E-state index in [0.717, 1.165) is 38.5 Å². The first kappa shape index (κ1) is 55.8. The molecule has 0 heterocycles. The van der Waals surface area contributed by atoms with Crippen molar-refractivity contribution in [1.29, 1.82) is 0 Å². The van der Waals surface area contributed by atoms with E-state index in [1.54, 1.807) is 7.11 Å². The number of esters is 3. The summed E-state index contributed by atoms with van der Waals surface area (Å²) >= 11 is 0. The lowest BCUT2D eigenvalue weighted by Gasteiger charge is -2.19. The minimum Gasteiger partial charge on any atom is -0.463 e. The molecule has 0 radical (unpaired) electrons. The Hall–Kier alpha value is -2.20. The van der Waals surface area contributed by atoms with Crippen LogP contribution in [0.5, 0.6) is 0 Å². The molecule has 10 heteroatoms. The summed E-state index contributed by atoms with van der Waals surface area (Å²) in [5.41, 5.74) is 0. The Labute approximate surface area is 356 Å². The Balaban J connectivity index is 4.35. The predicted octanol–water partition coefficient (Wildman–Crippen LogP) is 12.1. The second kappa shape index (κ2) is 45.9. The number of methoxy groups -OCH3 is 1. The molecule has 0 bridgehead atoms. The lowest BCUT2D eigenvalue weighted by atomic mass is 10.0. The smallest absolute Gasteiger partial charge is 0.306 e. The fourth-order valence-corrected chi connectivity index (χ4v) is 7.00. The van der Waals surface area contributed by atoms with Gasteiger partial charge in [-0.15, -0.1) is 0 Å². The van der Waals surface area contributed by atoms with Gasteiger partial charge in [-0.1, -0.05) is 194 Å². The third kappa shape index (κ3) is 43.4. The van der Waals surface area contributed by atoms with E-state index < -0.39 is 18.0 Å². The summed E-state index contributed by atoms with van der Waals surface area (Å²) in [5.74, 6) is -1.56. The zero-order valence-corrected chi connectivity index (χ0v) is 38.0. The molecular weight excluding hydrogens is 735 g/mol. The molecule has 0 rings (SSSR count). The molecule has 0 aliphatic rings. The summed E-state index contributed by atoms with van der Waals surface area (Å²) in [6.45, 7) is 5.52. The fourth-order valence-electron chi connectivity index (χ4n) is 7.00. The molecule has 0 aliphatic heterocycles. The van der Waals surface area contributed by atoms with E-state index in [1.165, 1.54) is 154 Å². The number of amides is 1. The van der Waals surface area contributed by atoms with Crippen molar-refractivity contribution < 1.29 is 42.9 Å². The van der Waals surface area contributed by atoms with Gasteiger partial charge in [0.1, 0.15) is 19.8 Å². The SMILES string of the molecule is CCCCCCCCCCCCCCCCCC(=O)NC(COC(=O)CCCCCCCCCCCCCCCCC)COC(=O)CCC(=O)OCCOCCOC. The topological polar surface area (TPSA) is 126 Å². The molecule has 0 aromatic carbocycles. The highest BCUT2D eigenvalue weighted by molar-refractivity contribution is 5.78. The van der Waals surface area contributed by atoms with Gasteiger partial charge in [0.25, 0.3) is 0 Å². The second-order valence-corrected chi connectivity index (χ2v) is 16.4. The number of unbranched alkanes of at least 4 members (excludes halogenated alkanes) is 28. The minimum absolute atomic E-state index is 0.0689. The van der Waals surface area contributed by atoms with Gasteiger partial charge in [0, 0.05) is 20.0 Å². The fraction of sp³-hybridized carbons (Fsp3) is 0.917. The van der Waals surface area contributed by atoms with Crippen molar-refractivity contribution >= 4 is 23.8 Å². The first-order valence-corrected chi connectivity index (χ1v) is 24.3.